The third kappa shape index (κ3) is 3.88. The first-order chi connectivity index (χ1) is 11.0. The van der Waals surface area contributed by atoms with Crippen molar-refractivity contribution in [2.24, 2.45) is 16.4 Å². The predicted molar refractivity (Wildman–Crippen MR) is 87.2 cm³/mol. The van der Waals surface area contributed by atoms with Crippen molar-refractivity contribution >= 4 is 23.4 Å². The average molecular weight is 315 g/mol. The van der Waals surface area contributed by atoms with Crippen LogP contribution in [-0.4, -0.2) is 24.3 Å². The predicted octanol–water partition coefficient (Wildman–Crippen LogP) is 2.90. The molecule has 3 rings (SSSR count). The summed E-state index contributed by atoms with van der Waals surface area (Å²) in [6, 6.07) is 7.37. The lowest BCUT2D eigenvalue weighted by atomic mass is 9.94. The second kappa shape index (κ2) is 6.02. The van der Waals surface area contributed by atoms with Crippen LogP contribution in [0.2, 0.25) is 0 Å². The van der Waals surface area contributed by atoms with Crippen molar-refractivity contribution in [2.75, 3.05) is 11.9 Å². The van der Waals surface area contributed by atoms with E-state index in [-0.39, 0.29) is 17.2 Å². The molecule has 1 unspecified atom stereocenters. The Kier molecular flexibility index (Phi) is 4.07. The second-order valence-corrected chi connectivity index (χ2v) is 6.73. The van der Waals surface area contributed by atoms with Crippen molar-refractivity contribution in [3.63, 3.8) is 0 Å². The fraction of sp³-hybridized carbons (Fsp3) is 0.471. The molecule has 1 atom stereocenters. The number of hydrogen-bond donors (Lipinski definition) is 2. The number of hydrogen-bond acceptors (Lipinski definition) is 4. The van der Waals surface area contributed by atoms with E-state index in [2.05, 4.69) is 22.8 Å². The van der Waals surface area contributed by atoms with Gasteiger partial charge in [-0.25, -0.2) is 10.2 Å². The van der Waals surface area contributed by atoms with E-state index in [1.54, 1.807) is 12.1 Å². The van der Waals surface area contributed by atoms with Crippen molar-refractivity contribution in [1.82, 2.24) is 5.43 Å². The molecule has 6 nitrogen and oxygen atoms in total. The van der Waals surface area contributed by atoms with Crippen LogP contribution in [0, 0.1) is 11.3 Å². The summed E-state index contributed by atoms with van der Waals surface area (Å²) in [7, 11) is 0. The first-order valence-electron chi connectivity index (χ1n) is 7.86. The number of hydrazone groups is 1. The zero-order chi connectivity index (χ0) is 16.4. The van der Waals surface area contributed by atoms with Crippen LogP contribution in [0.5, 0.6) is 0 Å². The van der Waals surface area contributed by atoms with Crippen LogP contribution in [-0.2, 0) is 9.53 Å². The molecule has 1 aromatic rings. The standard InChI is InChI=1S/C17H21N3O3/c1-11-9-14(21)19-20-15(11)12-3-5-13(6-4-12)18-16(22)23-10-17(2)7-8-17/h3-6,11H,7-10H2,1-2H3,(H,18,22)(H,19,21). The molecule has 2 aliphatic rings. The molecule has 0 radical (unpaired) electrons. The highest BCUT2D eigenvalue weighted by Gasteiger charge is 2.38. The van der Waals surface area contributed by atoms with E-state index in [9.17, 15) is 9.59 Å². The number of amides is 2. The van der Waals surface area contributed by atoms with Gasteiger partial charge in [-0.3, -0.25) is 10.1 Å². The Hall–Kier alpha value is -2.37. The topological polar surface area (TPSA) is 79.8 Å². The normalized spacial score (nSPS) is 21.9. The SMILES string of the molecule is CC1CC(=O)NN=C1c1ccc(NC(=O)OCC2(C)CC2)cc1. The highest BCUT2D eigenvalue weighted by atomic mass is 16.5. The van der Waals surface area contributed by atoms with Gasteiger partial charge in [0.2, 0.25) is 5.91 Å². The molecular weight excluding hydrogens is 294 g/mol. The molecular formula is C17H21N3O3. The first-order valence-corrected chi connectivity index (χ1v) is 7.86. The van der Waals surface area contributed by atoms with Gasteiger partial charge in [0.25, 0.3) is 0 Å². The van der Waals surface area contributed by atoms with Gasteiger partial charge < -0.3 is 4.74 Å². The van der Waals surface area contributed by atoms with Gasteiger partial charge in [-0.2, -0.15) is 5.10 Å². The van der Waals surface area contributed by atoms with Gasteiger partial charge in [0.1, 0.15) is 0 Å². The zero-order valence-corrected chi connectivity index (χ0v) is 13.4. The van der Waals surface area contributed by atoms with Crippen molar-refractivity contribution in [3.8, 4) is 0 Å². The number of carbonyl (C=O) groups is 2. The summed E-state index contributed by atoms with van der Waals surface area (Å²) in [4.78, 5) is 23.0. The Morgan fingerprint density at radius 1 is 1.39 bits per heavy atom. The molecule has 23 heavy (non-hydrogen) atoms. The summed E-state index contributed by atoms with van der Waals surface area (Å²) in [6.45, 7) is 4.55. The number of nitrogens with one attached hydrogen (secondary N) is 2. The van der Waals surface area contributed by atoms with Gasteiger partial charge in [0.05, 0.1) is 12.3 Å². The van der Waals surface area contributed by atoms with E-state index in [1.807, 2.05) is 19.1 Å². The fourth-order valence-electron chi connectivity index (χ4n) is 2.48. The molecule has 0 spiro atoms. The smallest absolute Gasteiger partial charge is 0.411 e. The molecule has 1 heterocycles. The highest BCUT2D eigenvalue weighted by molar-refractivity contribution is 6.06. The second-order valence-electron chi connectivity index (χ2n) is 6.73. The minimum atomic E-state index is -0.429. The van der Waals surface area contributed by atoms with Gasteiger partial charge in [-0.1, -0.05) is 26.0 Å². The summed E-state index contributed by atoms with van der Waals surface area (Å²) >= 11 is 0. The Morgan fingerprint density at radius 2 is 2.09 bits per heavy atom. The number of benzene rings is 1. The zero-order valence-electron chi connectivity index (χ0n) is 13.4. The van der Waals surface area contributed by atoms with Crippen LogP contribution in [0.1, 0.15) is 38.7 Å². The van der Waals surface area contributed by atoms with E-state index in [1.165, 1.54) is 0 Å². The van der Waals surface area contributed by atoms with E-state index in [4.69, 9.17) is 4.74 Å². The maximum Gasteiger partial charge on any atom is 0.411 e. The molecule has 1 aliphatic heterocycles. The Bertz CT molecular complexity index is 648. The van der Waals surface area contributed by atoms with Crippen LogP contribution in [0.3, 0.4) is 0 Å². The molecule has 2 amide bonds. The minimum absolute atomic E-state index is 0.0633. The lowest BCUT2D eigenvalue weighted by Gasteiger charge is -2.19. The number of ether oxygens (including phenoxy) is 1. The molecule has 0 aromatic heterocycles. The Morgan fingerprint density at radius 3 is 2.70 bits per heavy atom. The minimum Gasteiger partial charge on any atom is -0.449 e. The van der Waals surface area contributed by atoms with Crippen molar-refractivity contribution in [2.45, 2.75) is 33.1 Å². The fourth-order valence-corrected chi connectivity index (χ4v) is 2.48. The van der Waals surface area contributed by atoms with Gasteiger partial charge in [-0.05, 0) is 30.5 Å². The van der Waals surface area contributed by atoms with Gasteiger partial charge in [0.15, 0.2) is 0 Å². The summed E-state index contributed by atoms with van der Waals surface area (Å²) in [5, 5.41) is 6.84. The van der Waals surface area contributed by atoms with Crippen molar-refractivity contribution < 1.29 is 14.3 Å². The lowest BCUT2D eigenvalue weighted by molar-refractivity contribution is -0.121. The average Bonchev–Trinajstić information content (AvgIpc) is 3.25. The van der Waals surface area contributed by atoms with Crippen LogP contribution in [0.25, 0.3) is 0 Å². The Labute approximate surface area is 135 Å². The van der Waals surface area contributed by atoms with Crippen molar-refractivity contribution in [3.05, 3.63) is 29.8 Å². The van der Waals surface area contributed by atoms with Gasteiger partial charge in [-0.15, -0.1) is 0 Å². The monoisotopic (exact) mass is 315 g/mol. The number of nitrogens with zero attached hydrogens (tertiary/aromatic N) is 1. The molecule has 1 saturated carbocycles. The highest BCUT2D eigenvalue weighted by Crippen LogP contribution is 2.44. The molecule has 1 aromatic carbocycles. The van der Waals surface area contributed by atoms with Crippen LogP contribution in [0.4, 0.5) is 10.5 Å². The Balaban J connectivity index is 1.58. The van der Waals surface area contributed by atoms with E-state index >= 15 is 0 Å². The molecule has 0 bridgehead atoms. The number of rotatable bonds is 4. The van der Waals surface area contributed by atoms with E-state index in [0.29, 0.717) is 18.7 Å². The molecule has 0 saturated heterocycles. The maximum absolute atomic E-state index is 11.8. The molecule has 1 fully saturated rings. The molecule has 6 heteroatoms. The van der Waals surface area contributed by atoms with Gasteiger partial charge >= 0.3 is 6.09 Å². The molecule has 2 N–H and O–H groups in total. The van der Waals surface area contributed by atoms with Crippen LogP contribution in [0.15, 0.2) is 29.4 Å². The maximum atomic E-state index is 11.8. The lowest BCUT2D eigenvalue weighted by Crippen LogP contribution is -2.31. The van der Waals surface area contributed by atoms with Crippen LogP contribution >= 0.6 is 0 Å². The molecule has 122 valence electrons. The van der Waals surface area contributed by atoms with E-state index in [0.717, 1.165) is 24.1 Å². The summed E-state index contributed by atoms with van der Waals surface area (Å²) in [6.07, 6.45) is 2.24. The van der Waals surface area contributed by atoms with Gasteiger partial charge in [0, 0.05) is 23.4 Å². The number of anilines is 1. The summed E-state index contributed by atoms with van der Waals surface area (Å²) < 4.78 is 5.23. The largest absolute Gasteiger partial charge is 0.449 e. The van der Waals surface area contributed by atoms with Crippen molar-refractivity contribution in [1.29, 1.82) is 0 Å². The van der Waals surface area contributed by atoms with E-state index < -0.39 is 6.09 Å². The first kappa shape index (κ1) is 15.5. The summed E-state index contributed by atoms with van der Waals surface area (Å²) in [5.74, 6) is 0.0125. The van der Waals surface area contributed by atoms with Crippen LogP contribution < -0.4 is 10.7 Å². The summed E-state index contributed by atoms with van der Waals surface area (Å²) in [5.41, 5.74) is 5.14. The number of carbonyl (C=O) groups excluding carboxylic acids is 2. The quantitative estimate of drug-likeness (QED) is 0.896. The third-order valence-corrected chi connectivity index (χ3v) is 4.34. The third-order valence-electron chi connectivity index (χ3n) is 4.34. The molecule has 1 aliphatic carbocycles.